The average Bonchev–Trinajstić information content (AvgIpc) is 3.19. The van der Waals surface area contributed by atoms with Crippen LogP contribution in [0.2, 0.25) is 0 Å². The number of amides is 1. The van der Waals surface area contributed by atoms with Crippen LogP contribution in [0.1, 0.15) is 29.1 Å². The molecule has 1 aliphatic rings. The van der Waals surface area contributed by atoms with Gasteiger partial charge >= 0.3 is 0 Å². The summed E-state index contributed by atoms with van der Waals surface area (Å²) in [6.07, 6.45) is 3.36. The molecule has 0 radical (unpaired) electrons. The summed E-state index contributed by atoms with van der Waals surface area (Å²) in [6, 6.07) is 15.6. The van der Waals surface area contributed by atoms with Gasteiger partial charge in [0.05, 0.1) is 11.3 Å². The molecule has 9 nitrogen and oxygen atoms in total. The van der Waals surface area contributed by atoms with Crippen LogP contribution in [0, 0.1) is 6.92 Å². The molecule has 6 N–H and O–H groups in total. The van der Waals surface area contributed by atoms with Gasteiger partial charge in [-0.25, -0.2) is 9.97 Å². The number of nitrogen functional groups attached to an aromatic ring is 1. The van der Waals surface area contributed by atoms with Crippen LogP contribution in [0.3, 0.4) is 0 Å². The van der Waals surface area contributed by atoms with Crippen LogP contribution in [-0.2, 0) is 0 Å². The fourth-order valence-corrected chi connectivity index (χ4v) is 4.29. The van der Waals surface area contributed by atoms with Crippen molar-refractivity contribution >= 4 is 45.6 Å². The van der Waals surface area contributed by atoms with E-state index in [1.165, 1.54) is 11.9 Å². The quantitative estimate of drug-likeness (QED) is 0.319. The monoisotopic (exact) mass is 457 g/mol. The molecule has 9 heteroatoms. The number of aromatic nitrogens is 2. The minimum Gasteiger partial charge on any atom is -0.441 e. The van der Waals surface area contributed by atoms with Gasteiger partial charge in [-0.15, -0.1) is 0 Å². The van der Waals surface area contributed by atoms with Crippen molar-refractivity contribution in [3.05, 3.63) is 66.2 Å². The third kappa shape index (κ3) is 4.59. The standard InChI is InChI=1S/C25H27N7O2/c1-15-29-22-12-18(4-7-23(22)34-15)31-24-13-21(20(14-28-24)25(27)33)30-17-8-10-32(11-9-17)19-5-2-16(26)3-6-19/h2-7,12-14,17H,8-11,26H2,1H3,(H2,27,33)(H2,28,30,31). The predicted octanol–water partition coefficient (Wildman–Crippen LogP) is 4.04. The van der Waals surface area contributed by atoms with Gasteiger partial charge < -0.3 is 31.4 Å². The minimum absolute atomic E-state index is 0.216. The molecule has 3 heterocycles. The molecule has 1 saturated heterocycles. The van der Waals surface area contributed by atoms with Crippen molar-refractivity contribution < 1.29 is 9.21 Å². The Balaban J connectivity index is 1.30. The molecule has 174 valence electrons. The number of rotatable bonds is 6. The molecule has 2 aromatic heterocycles. The second-order valence-electron chi connectivity index (χ2n) is 8.52. The summed E-state index contributed by atoms with van der Waals surface area (Å²) in [5.41, 5.74) is 16.7. The van der Waals surface area contributed by atoms with Gasteiger partial charge in [0.1, 0.15) is 11.3 Å². The molecular formula is C25H27N7O2. The van der Waals surface area contributed by atoms with Crippen LogP contribution in [0.5, 0.6) is 0 Å². The molecule has 1 fully saturated rings. The van der Waals surface area contributed by atoms with Crippen LogP contribution < -0.4 is 27.0 Å². The third-order valence-corrected chi connectivity index (χ3v) is 6.05. The largest absolute Gasteiger partial charge is 0.441 e. The second kappa shape index (κ2) is 8.93. The van der Waals surface area contributed by atoms with Gasteiger partial charge in [-0.1, -0.05) is 0 Å². The minimum atomic E-state index is -0.514. The summed E-state index contributed by atoms with van der Waals surface area (Å²) < 4.78 is 5.53. The summed E-state index contributed by atoms with van der Waals surface area (Å²) in [6.45, 7) is 3.62. The number of hydrogen-bond acceptors (Lipinski definition) is 8. The lowest BCUT2D eigenvalue weighted by molar-refractivity contribution is 0.100. The van der Waals surface area contributed by atoms with Gasteiger partial charge in [-0.05, 0) is 55.3 Å². The Bertz CT molecular complexity index is 1330. The molecule has 2 aromatic carbocycles. The Labute approximate surface area is 197 Å². The van der Waals surface area contributed by atoms with Crippen LogP contribution in [0.4, 0.5) is 28.6 Å². The van der Waals surface area contributed by atoms with Gasteiger partial charge in [0.25, 0.3) is 5.91 Å². The number of primary amides is 1. The highest BCUT2D eigenvalue weighted by molar-refractivity contribution is 5.98. The lowest BCUT2D eigenvalue weighted by atomic mass is 10.0. The number of pyridine rings is 1. The number of nitrogens with two attached hydrogens (primary N) is 2. The van der Waals surface area contributed by atoms with Crippen molar-refractivity contribution in [1.82, 2.24) is 9.97 Å². The van der Waals surface area contributed by atoms with E-state index in [9.17, 15) is 4.79 Å². The third-order valence-electron chi connectivity index (χ3n) is 6.05. The Morgan fingerprint density at radius 1 is 1.12 bits per heavy atom. The highest BCUT2D eigenvalue weighted by atomic mass is 16.3. The predicted molar refractivity (Wildman–Crippen MR) is 134 cm³/mol. The first-order valence-electron chi connectivity index (χ1n) is 11.3. The number of hydrogen-bond donors (Lipinski definition) is 4. The summed E-state index contributed by atoms with van der Waals surface area (Å²) in [5, 5.41) is 6.80. The normalized spacial score (nSPS) is 14.3. The SMILES string of the molecule is Cc1nc2cc(Nc3cc(NC4CCN(c5ccc(N)cc5)CC4)c(C(N)=O)cn3)ccc2o1. The highest BCUT2D eigenvalue weighted by Crippen LogP contribution is 2.27. The average molecular weight is 458 g/mol. The van der Waals surface area contributed by atoms with Crippen LogP contribution in [-0.4, -0.2) is 35.0 Å². The summed E-state index contributed by atoms with van der Waals surface area (Å²) >= 11 is 0. The van der Waals surface area contributed by atoms with Gasteiger partial charge in [0.15, 0.2) is 11.5 Å². The van der Waals surface area contributed by atoms with Crippen molar-refractivity contribution in [3.8, 4) is 0 Å². The van der Waals surface area contributed by atoms with Gasteiger partial charge in [-0.2, -0.15) is 0 Å². The van der Waals surface area contributed by atoms with Crippen molar-refractivity contribution in [2.45, 2.75) is 25.8 Å². The summed E-state index contributed by atoms with van der Waals surface area (Å²) in [5.74, 6) is 0.705. The second-order valence-corrected chi connectivity index (χ2v) is 8.52. The number of carbonyl (C=O) groups excluding carboxylic acids is 1. The number of oxazole rings is 1. The van der Waals surface area contributed by atoms with Crippen LogP contribution in [0.25, 0.3) is 11.1 Å². The number of nitrogens with zero attached hydrogens (tertiary/aromatic N) is 3. The maximum Gasteiger partial charge on any atom is 0.252 e. The first kappa shape index (κ1) is 21.6. The van der Waals surface area contributed by atoms with E-state index in [4.69, 9.17) is 15.9 Å². The zero-order chi connectivity index (χ0) is 23.7. The number of aryl methyl sites for hydroxylation is 1. The zero-order valence-electron chi connectivity index (χ0n) is 18.9. The number of fused-ring (bicyclic) bond motifs is 1. The molecule has 0 bridgehead atoms. The first-order valence-corrected chi connectivity index (χ1v) is 11.3. The fraction of sp³-hybridized carbons (Fsp3) is 0.240. The van der Waals surface area contributed by atoms with E-state index in [0.717, 1.165) is 48.4 Å². The lowest BCUT2D eigenvalue weighted by Gasteiger charge is -2.34. The number of nitrogens with one attached hydrogen (secondary N) is 2. The molecule has 5 rings (SSSR count). The van der Waals surface area contributed by atoms with Crippen LogP contribution in [0.15, 0.2) is 59.1 Å². The molecular weight excluding hydrogens is 430 g/mol. The van der Waals surface area contributed by atoms with E-state index in [1.807, 2.05) is 55.5 Å². The van der Waals surface area contributed by atoms with Crippen LogP contribution >= 0.6 is 0 Å². The van der Waals surface area contributed by atoms with E-state index in [1.54, 1.807) is 0 Å². The maximum atomic E-state index is 12.0. The molecule has 1 aliphatic heterocycles. The fourth-order valence-electron chi connectivity index (χ4n) is 4.29. The number of benzene rings is 2. The molecule has 0 atom stereocenters. The lowest BCUT2D eigenvalue weighted by Crippen LogP contribution is -2.39. The maximum absolute atomic E-state index is 12.0. The van der Waals surface area contributed by atoms with E-state index >= 15 is 0 Å². The number of anilines is 5. The summed E-state index contributed by atoms with van der Waals surface area (Å²) in [4.78, 5) is 23.1. The first-order chi connectivity index (χ1) is 16.4. The highest BCUT2D eigenvalue weighted by Gasteiger charge is 2.21. The Hall–Kier alpha value is -4.27. The molecule has 4 aromatic rings. The topological polar surface area (TPSA) is 135 Å². The van der Waals surface area contributed by atoms with Crippen molar-refractivity contribution in [2.24, 2.45) is 5.73 Å². The zero-order valence-corrected chi connectivity index (χ0v) is 18.9. The van der Waals surface area contributed by atoms with E-state index in [-0.39, 0.29) is 6.04 Å². The van der Waals surface area contributed by atoms with E-state index < -0.39 is 5.91 Å². The Morgan fingerprint density at radius 2 is 1.88 bits per heavy atom. The Kier molecular flexibility index (Phi) is 5.67. The summed E-state index contributed by atoms with van der Waals surface area (Å²) in [7, 11) is 0. The Morgan fingerprint density at radius 3 is 2.62 bits per heavy atom. The van der Waals surface area contributed by atoms with E-state index in [2.05, 4.69) is 25.5 Å². The molecule has 1 amide bonds. The molecule has 0 aliphatic carbocycles. The van der Waals surface area contributed by atoms with Crippen molar-refractivity contribution in [3.63, 3.8) is 0 Å². The molecule has 0 unspecified atom stereocenters. The van der Waals surface area contributed by atoms with Crippen molar-refractivity contribution in [2.75, 3.05) is 34.4 Å². The van der Waals surface area contributed by atoms with Gasteiger partial charge in [0, 0.05) is 55.4 Å². The van der Waals surface area contributed by atoms with Gasteiger partial charge in [-0.3, -0.25) is 4.79 Å². The smallest absolute Gasteiger partial charge is 0.252 e. The molecule has 0 spiro atoms. The van der Waals surface area contributed by atoms with Crippen molar-refractivity contribution in [1.29, 1.82) is 0 Å². The molecule has 34 heavy (non-hydrogen) atoms. The van der Waals surface area contributed by atoms with E-state index in [0.29, 0.717) is 23.0 Å². The number of piperidine rings is 1. The molecule has 0 saturated carbocycles. The number of carbonyl (C=O) groups is 1. The van der Waals surface area contributed by atoms with Gasteiger partial charge in [0.2, 0.25) is 0 Å².